The Kier molecular flexibility index (Phi) is 4.71. The lowest BCUT2D eigenvalue weighted by molar-refractivity contribution is 0.0951. The van der Waals surface area contributed by atoms with Gasteiger partial charge in [-0.15, -0.1) is 0 Å². The molecule has 0 heterocycles. The van der Waals surface area contributed by atoms with Gasteiger partial charge >= 0.3 is 0 Å². The number of amides is 1. The number of benzene rings is 2. The van der Waals surface area contributed by atoms with Crippen molar-refractivity contribution in [2.24, 2.45) is 5.73 Å². The van der Waals surface area contributed by atoms with Gasteiger partial charge in [-0.25, -0.2) is 0 Å². The molecule has 0 aromatic heterocycles. The second kappa shape index (κ2) is 6.50. The molecule has 0 aliphatic rings. The number of halogens is 1. The van der Waals surface area contributed by atoms with Gasteiger partial charge < -0.3 is 11.1 Å². The molecular formula is C15H15BrN2O. The summed E-state index contributed by atoms with van der Waals surface area (Å²) >= 11 is 3.34. The first kappa shape index (κ1) is 13.8. The molecule has 0 bridgehead atoms. The maximum atomic E-state index is 11.9. The molecule has 19 heavy (non-hydrogen) atoms. The Labute approximate surface area is 121 Å². The van der Waals surface area contributed by atoms with Gasteiger partial charge in [0.1, 0.15) is 0 Å². The van der Waals surface area contributed by atoms with Crippen molar-refractivity contribution in [1.82, 2.24) is 5.32 Å². The van der Waals surface area contributed by atoms with Crippen LogP contribution in [0.1, 0.15) is 22.0 Å². The van der Waals surface area contributed by atoms with E-state index in [0.717, 1.165) is 10.0 Å². The second-order valence-corrected chi connectivity index (χ2v) is 5.15. The van der Waals surface area contributed by atoms with Gasteiger partial charge in [-0.1, -0.05) is 46.3 Å². The van der Waals surface area contributed by atoms with E-state index in [1.807, 2.05) is 42.5 Å². The van der Waals surface area contributed by atoms with Gasteiger partial charge in [0.05, 0.1) is 0 Å². The van der Waals surface area contributed by atoms with Gasteiger partial charge in [-0.05, 0) is 29.8 Å². The van der Waals surface area contributed by atoms with Crippen LogP contribution in [0.25, 0.3) is 0 Å². The molecule has 3 N–H and O–H groups in total. The van der Waals surface area contributed by atoms with Crippen LogP contribution in [0, 0.1) is 0 Å². The summed E-state index contributed by atoms with van der Waals surface area (Å²) in [6.45, 7) is 0.416. The first-order valence-corrected chi connectivity index (χ1v) is 6.80. The normalized spacial score (nSPS) is 11.9. The molecule has 1 amide bonds. The summed E-state index contributed by atoms with van der Waals surface area (Å²) in [5, 5.41) is 2.84. The van der Waals surface area contributed by atoms with Crippen LogP contribution in [0.15, 0.2) is 59.1 Å². The van der Waals surface area contributed by atoms with Gasteiger partial charge in [0.2, 0.25) is 0 Å². The zero-order valence-electron chi connectivity index (χ0n) is 10.3. The van der Waals surface area contributed by atoms with Gasteiger partial charge in [0, 0.05) is 22.6 Å². The third-order valence-corrected chi connectivity index (χ3v) is 3.35. The van der Waals surface area contributed by atoms with E-state index < -0.39 is 0 Å². The van der Waals surface area contributed by atoms with E-state index >= 15 is 0 Å². The number of nitrogens with two attached hydrogens (primary N) is 1. The predicted octanol–water partition coefficient (Wildman–Crippen LogP) is 2.88. The lowest BCUT2D eigenvalue weighted by Gasteiger charge is -2.13. The summed E-state index contributed by atoms with van der Waals surface area (Å²) in [5.41, 5.74) is 7.66. The number of carbonyl (C=O) groups is 1. The highest BCUT2D eigenvalue weighted by Gasteiger charge is 2.09. The molecule has 0 aliphatic carbocycles. The van der Waals surface area contributed by atoms with Crippen molar-refractivity contribution in [3.8, 4) is 0 Å². The van der Waals surface area contributed by atoms with Crippen molar-refractivity contribution in [2.75, 3.05) is 6.54 Å². The lowest BCUT2D eigenvalue weighted by atomic mass is 10.1. The zero-order chi connectivity index (χ0) is 13.7. The van der Waals surface area contributed by atoms with E-state index in [1.165, 1.54) is 0 Å². The lowest BCUT2D eigenvalue weighted by Crippen LogP contribution is -2.31. The summed E-state index contributed by atoms with van der Waals surface area (Å²) in [6, 6.07) is 16.8. The Balaban J connectivity index is 1.92. The average molecular weight is 319 g/mol. The topological polar surface area (TPSA) is 55.1 Å². The summed E-state index contributed by atoms with van der Waals surface area (Å²) in [4.78, 5) is 11.9. The van der Waals surface area contributed by atoms with Crippen LogP contribution >= 0.6 is 15.9 Å². The molecule has 2 aromatic rings. The van der Waals surface area contributed by atoms with Crippen molar-refractivity contribution in [3.05, 3.63) is 70.2 Å². The van der Waals surface area contributed by atoms with E-state index in [-0.39, 0.29) is 11.9 Å². The molecule has 98 valence electrons. The summed E-state index contributed by atoms with van der Waals surface area (Å²) in [5.74, 6) is -0.112. The Morgan fingerprint density at radius 2 is 1.74 bits per heavy atom. The monoisotopic (exact) mass is 318 g/mol. The molecule has 0 aliphatic heterocycles. The van der Waals surface area contributed by atoms with Crippen molar-refractivity contribution in [2.45, 2.75) is 6.04 Å². The largest absolute Gasteiger partial charge is 0.350 e. The standard InChI is InChI=1S/C15H15BrN2O/c16-13-8-6-12(7-9-13)15(19)18-10-14(17)11-4-2-1-3-5-11/h1-9,14H,10,17H2,(H,18,19). The highest BCUT2D eigenvalue weighted by molar-refractivity contribution is 9.10. The van der Waals surface area contributed by atoms with Crippen LogP contribution < -0.4 is 11.1 Å². The maximum Gasteiger partial charge on any atom is 0.251 e. The molecule has 1 atom stereocenters. The van der Waals surface area contributed by atoms with Crippen molar-refractivity contribution in [1.29, 1.82) is 0 Å². The third kappa shape index (κ3) is 3.91. The van der Waals surface area contributed by atoms with E-state index in [1.54, 1.807) is 12.1 Å². The van der Waals surface area contributed by atoms with E-state index in [9.17, 15) is 4.79 Å². The zero-order valence-corrected chi connectivity index (χ0v) is 11.9. The molecule has 2 aromatic carbocycles. The third-order valence-electron chi connectivity index (χ3n) is 2.82. The van der Waals surface area contributed by atoms with Crippen LogP contribution in [0.2, 0.25) is 0 Å². The first-order chi connectivity index (χ1) is 9.16. The molecule has 4 heteroatoms. The van der Waals surface area contributed by atoms with Crippen LogP contribution in [-0.2, 0) is 0 Å². The van der Waals surface area contributed by atoms with E-state index in [4.69, 9.17) is 5.73 Å². The molecule has 0 saturated heterocycles. The van der Waals surface area contributed by atoms with Crippen LogP contribution in [0.5, 0.6) is 0 Å². The Bertz CT molecular complexity index is 540. The Hall–Kier alpha value is -1.65. The first-order valence-electron chi connectivity index (χ1n) is 6.01. The number of rotatable bonds is 4. The summed E-state index contributed by atoms with van der Waals surface area (Å²) in [7, 11) is 0. The molecule has 2 rings (SSSR count). The number of nitrogens with one attached hydrogen (secondary N) is 1. The molecule has 0 radical (unpaired) electrons. The van der Waals surface area contributed by atoms with Gasteiger partial charge in [0.25, 0.3) is 5.91 Å². The average Bonchev–Trinajstić information content (AvgIpc) is 2.46. The fraction of sp³-hybridized carbons (Fsp3) is 0.133. The SMILES string of the molecule is NC(CNC(=O)c1ccc(Br)cc1)c1ccccc1. The summed E-state index contributed by atoms with van der Waals surface area (Å²) in [6.07, 6.45) is 0. The van der Waals surface area contributed by atoms with Crippen molar-refractivity contribution < 1.29 is 4.79 Å². The number of hydrogen-bond donors (Lipinski definition) is 2. The van der Waals surface area contributed by atoms with Crippen LogP contribution in [0.3, 0.4) is 0 Å². The van der Waals surface area contributed by atoms with E-state index in [0.29, 0.717) is 12.1 Å². The molecule has 0 spiro atoms. The Morgan fingerprint density at radius 3 is 2.37 bits per heavy atom. The highest BCUT2D eigenvalue weighted by atomic mass is 79.9. The van der Waals surface area contributed by atoms with Gasteiger partial charge in [-0.2, -0.15) is 0 Å². The van der Waals surface area contributed by atoms with E-state index in [2.05, 4.69) is 21.2 Å². The molecule has 1 unspecified atom stereocenters. The fourth-order valence-corrected chi connectivity index (χ4v) is 1.99. The quantitative estimate of drug-likeness (QED) is 0.910. The smallest absolute Gasteiger partial charge is 0.251 e. The fourth-order valence-electron chi connectivity index (χ4n) is 1.72. The number of hydrogen-bond acceptors (Lipinski definition) is 2. The highest BCUT2D eigenvalue weighted by Crippen LogP contribution is 2.11. The minimum atomic E-state index is -0.194. The molecular weight excluding hydrogens is 304 g/mol. The molecule has 3 nitrogen and oxygen atoms in total. The second-order valence-electron chi connectivity index (χ2n) is 4.23. The molecule has 0 fully saturated rings. The van der Waals surface area contributed by atoms with Crippen LogP contribution in [-0.4, -0.2) is 12.5 Å². The minimum Gasteiger partial charge on any atom is -0.350 e. The summed E-state index contributed by atoms with van der Waals surface area (Å²) < 4.78 is 0.949. The maximum absolute atomic E-state index is 11.9. The Morgan fingerprint density at radius 1 is 1.11 bits per heavy atom. The van der Waals surface area contributed by atoms with Crippen LogP contribution in [0.4, 0.5) is 0 Å². The molecule has 0 saturated carbocycles. The number of carbonyl (C=O) groups excluding carboxylic acids is 1. The minimum absolute atomic E-state index is 0.112. The predicted molar refractivity (Wildman–Crippen MR) is 79.8 cm³/mol. The van der Waals surface area contributed by atoms with Gasteiger partial charge in [-0.3, -0.25) is 4.79 Å². The van der Waals surface area contributed by atoms with Crippen molar-refractivity contribution in [3.63, 3.8) is 0 Å². The van der Waals surface area contributed by atoms with Crippen molar-refractivity contribution >= 4 is 21.8 Å². The van der Waals surface area contributed by atoms with Gasteiger partial charge in [0.15, 0.2) is 0 Å².